The van der Waals surface area contributed by atoms with Crippen LogP contribution in [0, 0.1) is 0 Å². The first-order chi connectivity index (χ1) is 7.37. The monoisotopic (exact) mass is 254 g/mol. The second-order valence-electron chi connectivity index (χ2n) is 2.76. The number of nitrogens with one attached hydrogen (secondary N) is 2. The van der Waals surface area contributed by atoms with E-state index in [1.54, 1.807) is 0 Å². The van der Waals surface area contributed by atoms with E-state index in [1.807, 2.05) is 0 Å². The molecule has 0 saturated carbocycles. The van der Waals surface area contributed by atoms with Crippen LogP contribution in [-0.4, -0.2) is 58.0 Å². The van der Waals surface area contributed by atoms with Gasteiger partial charge in [0.15, 0.2) is 0 Å². The number of sulfonamides is 1. The van der Waals surface area contributed by atoms with E-state index in [4.69, 9.17) is 5.11 Å². The summed E-state index contributed by atoms with van der Waals surface area (Å²) < 4.78 is 28.4. The Balaban J connectivity index is 3.63. The maximum Gasteiger partial charge on any atom is 0.329 e. The highest BCUT2D eigenvalue weighted by Gasteiger charge is 2.08. The third-order valence-electron chi connectivity index (χ3n) is 1.46. The predicted octanol–water partition coefficient (Wildman–Crippen LogP) is -2.25. The van der Waals surface area contributed by atoms with Crippen LogP contribution in [0.3, 0.4) is 0 Å². The van der Waals surface area contributed by atoms with Crippen LogP contribution in [0.5, 0.6) is 0 Å². The van der Waals surface area contributed by atoms with Gasteiger partial charge in [0.1, 0.15) is 13.2 Å². The Bertz CT molecular complexity index is 339. The van der Waals surface area contributed by atoms with Gasteiger partial charge in [-0.05, 0) is 7.05 Å². The average Bonchev–Trinajstić information content (AvgIpc) is 2.17. The van der Waals surface area contributed by atoms with Crippen LogP contribution in [0.15, 0.2) is 0 Å². The molecule has 0 atom stereocenters. The van der Waals surface area contributed by atoms with Crippen LogP contribution in [0.25, 0.3) is 0 Å². The topological polar surface area (TPSA) is 122 Å². The lowest BCUT2D eigenvalue weighted by Gasteiger charge is -2.05. The van der Waals surface area contributed by atoms with E-state index in [0.717, 1.165) is 0 Å². The number of ether oxygens (including phenoxy) is 1. The summed E-state index contributed by atoms with van der Waals surface area (Å²) in [6.07, 6.45) is 0. The Hall–Kier alpha value is -1.19. The Labute approximate surface area is 93.0 Å². The summed E-state index contributed by atoms with van der Waals surface area (Å²) in [5, 5.41) is 10.5. The van der Waals surface area contributed by atoms with Crippen molar-refractivity contribution in [3.63, 3.8) is 0 Å². The van der Waals surface area contributed by atoms with E-state index in [0.29, 0.717) is 0 Å². The fraction of sp³-hybridized carbons (Fsp3) is 0.714. The molecule has 16 heavy (non-hydrogen) atoms. The molecule has 0 aromatic carbocycles. The lowest BCUT2D eigenvalue weighted by molar-refractivity contribution is -0.143. The quantitative estimate of drug-likeness (QED) is 0.450. The molecule has 0 aromatic rings. The van der Waals surface area contributed by atoms with Crippen LogP contribution < -0.4 is 10.0 Å². The van der Waals surface area contributed by atoms with Crippen LogP contribution in [0.2, 0.25) is 0 Å². The molecular weight excluding hydrogens is 240 g/mol. The number of carboxylic acids is 1. The molecule has 0 rings (SSSR count). The second kappa shape index (κ2) is 7.14. The van der Waals surface area contributed by atoms with Gasteiger partial charge in [0.25, 0.3) is 0 Å². The van der Waals surface area contributed by atoms with E-state index in [1.165, 1.54) is 7.05 Å². The van der Waals surface area contributed by atoms with E-state index < -0.39 is 35.1 Å². The van der Waals surface area contributed by atoms with Crippen LogP contribution >= 0.6 is 0 Å². The number of hydrogen-bond acceptors (Lipinski definition) is 5. The highest BCUT2D eigenvalue weighted by molar-refractivity contribution is 7.89. The van der Waals surface area contributed by atoms with Crippen molar-refractivity contribution in [2.75, 3.05) is 32.6 Å². The van der Waals surface area contributed by atoms with Crippen molar-refractivity contribution in [1.82, 2.24) is 10.0 Å². The van der Waals surface area contributed by atoms with E-state index in [2.05, 4.69) is 14.8 Å². The molecule has 9 heteroatoms. The molecule has 0 bridgehead atoms. The molecule has 0 aromatic heterocycles. The summed E-state index contributed by atoms with van der Waals surface area (Å²) in [5.74, 6) is -1.98. The van der Waals surface area contributed by atoms with Gasteiger partial charge in [-0.25, -0.2) is 17.9 Å². The molecule has 3 N–H and O–H groups in total. The van der Waals surface area contributed by atoms with E-state index in [-0.39, 0.29) is 12.3 Å². The fourth-order valence-electron chi connectivity index (χ4n) is 0.709. The normalized spacial score (nSPS) is 11.1. The first kappa shape index (κ1) is 14.8. The lowest BCUT2D eigenvalue weighted by atomic mass is 10.6. The van der Waals surface area contributed by atoms with Crippen molar-refractivity contribution in [1.29, 1.82) is 0 Å². The predicted molar refractivity (Wildman–Crippen MR) is 54.3 cm³/mol. The van der Waals surface area contributed by atoms with Gasteiger partial charge in [-0.15, -0.1) is 0 Å². The summed E-state index contributed by atoms with van der Waals surface area (Å²) >= 11 is 0. The van der Waals surface area contributed by atoms with Gasteiger partial charge in [-0.3, -0.25) is 4.79 Å². The molecule has 0 unspecified atom stereocenters. The van der Waals surface area contributed by atoms with Gasteiger partial charge in [0, 0.05) is 6.54 Å². The second-order valence-corrected chi connectivity index (χ2v) is 4.81. The van der Waals surface area contributed by atoms with Crippen molar-refractivity contribution in [2.24, 2.45) is 0 Å². The standard InChI is InChI=1S/C7H14N2O6S/c1-8-16(13,14)3-2-9-6(10)4-15-5-7(11)12/h8H,2-5H2,1H3,(H,9,10)(H,11,12). The van der Waals surface area contributed by atoms with Gasteiger partial charge < -0.3 is 15.2 Å². The summed E-state index contributed by atoms with van der Waals surface area (Å²) in [5.41, 5.74) is 0. The van der Waals surface area contributed by atoms with Gasteiger partial charge in [0.05, 0.1) is 5.75 Å². The summed E-state index contributed by atoms with van der Waals surface area (Å²) in [6, 6.07) is 0. The van der Waals surface area contributed by atoms with Crippen LogP contribution in [0.4, 0.5) is 0 Å². The maximum atomic E-state index is 11.0. The number of rotatable bonds is 8. The minimum absolute atomic E-state index is 0.0571. The molecule has 0 aliphatic carbocycles. The minimum atomic E-state index is -3.35. The minimum Gasteiger partial charge on any atom is -0.480 e. The molecule has 0 spiro atoms. The van der Waals surface area contributed by atoms with Crippen molar-refractivity contribution < 1.29 is 27.9 Å². The van der Waals surface area contributed by atoms with Crippen LogP contribution in [-0.2, 0) is 24.3 Å². The Morgan fingerprint density at radius 1 is 1.31 bits per heavy atom. The van der Waals surface area contributed by atoms with Gasteiger partial charge in [-0.2, -0.15) is 0 Å². The average molecular weight is 254 g/mol. The highest BCUT2D eigenvalue weighted by atomic mass is 32.2. The van der Waals surface area contributed by atoms with Gasteiger partial charge >= 0.3 is 5.97 Å². The molecule has 0 heterocycles. The fourth-order valence-corrected chi connectivity index (χ4v) is 1.28. The molecule has 94 valence electrons. The van der Waals surface area contributed by atoms with E-state index >= 15 is 0 Å². The Kier molecular flexibility index (Phi) is 6.61. The molecule has 0 fully saturated rings. The van der Waals surface area contributed by atoms with Crippen molar-refractivity contribution in [2.45, 2.75) is 0 Å². The Morgan fingerprint density at radius 2 is 1.94 bits per heavy atom. The van der Waals surface area contributed by atoms with Crippen LogP contribution in [0.1, 0.15) is 0 Å². The summed E-state index contributed by atoms with van der Waals surface area (Å²) in [7, 11) is -2.08. The SMILES string of the molecule is CNS(=O)(=O)CCNC(=O)COCC(=O)O. The molecular formula is C7H14N2O6S. The zero-order valence-electron chi connectivity index (χ0n) is 8.73. The summed E-state index contributed by atoms with van der Waals surface area (Å²) in [6.45, 7) is -1.04. The van der Waals surface area contributed by atoms with Crippen molar-refractivity contribution >= 4 is 21.9 Å². The highest BCUT2D eigenvalue weighted by Crippen LogP contribution is 1.80. The Morgan fingerprint density at radius 3 is 2.44 bits per heavy atom. The zero-order chi connectivity index (χ0) is 12.6. The van der Waals surface area contributed by atoms with Gasteiger partial charge in [-0.1, -0.05) is 0 Å². The van der Waals surface area contributed by atoms with Gasteiger partial charge in [0.2, 0.25) is 15.9 Å². The molecule has 0 saturated heterocycles. The number of aliphatic carboxylic acids is 1. The first-order valence-electron chi connectivity index (χ1n) is 4.35. The number of carbonyl (C=O) groups excluding carboxylic acids is 1. The third-order valence-corrected chi connectivity index (χ3v) is 2.83. The first-order valence-corrected chi connectivity index (χ1v) is 6.00. The maximum absolute atomic E-state index is 11.0. The third kappa shape index (κ3) is 8.15. The van der Waals surface area contributed by atoms with Crippen molar-refractivity contribution in [3.8, 4) is 0 Å². The lowest BCUT2D eigenvalue weighted by Crippen LogP contribution is -2.35. The number of carbonyl (C=O) groups is 2. The largest absolute Gasteiger partial charge is 0.480 e. The zero-order valence-corrected chi connectivity index (χ0v) is 9.54. The smallest absolute Gasteiger partial charge is 0.329 e. The van der Waals surface area contributed by atoms with E-state index in [9.17, 15) is 18.0 Å². The number of carboxylic acid groups (broad SMARTS) is 1. The molecule has 0 aliphatic rings. The number of amides is 1. The molecule has 0 radical (unpaired) electrons. The molecule has 1 amide bonds. The number of hydrogen-bond donors (Lipinski definition) is 3. The van der Waals surface area contributed by atoms with Crippen molar-refractivity contribution in [3.05, 3.63) is 0 Å². The molecule has 8 nitrogen and oxygen atoms in total. The molecule has 0 aliphatic heterocycles. The summed E-state index contributed by atoms with van der Waals surface area (Å²) in [4.78, 5) is 21.0.